The van der Waals surface area contributed by atoms with Gasteiger partial charge in [-0.15, -0.1) is 0 Å². The summed E-state index contributed by atoms with van der Waals surface area (Å²) in [4.78, 5) is 42.2. The van der Waals surface area contributed by atoms with E-state index in [1.807, 2.05) is 6.92 Å². The summed E-state index contributed by atoms with van der Waals surface area (Å²) in [5, 5.41) is 51.5. The quantitative estimate of drug-likeness (QED) is 0.158. The van der Waals surface area contributed by atoms with Gasteiger partial charge in [-0.3, -0.25) is 4.79 Å². The van der Waals surface area contributed by atoms with Crippen LogP contribution in [0, 0.1) is 0 Å². The summed E-state index contributed by atoms with van der Waals surface area (Å²) in [6.07, 6.45) is -8.16. The Labute approximate surface area is 232 Å². The Morgan fingerprint density at radius 1 is 1.12 bits per heavy atom. The maximum absolute atomic E-state index is 13.5. The molecule has 0 spiro atoms. The number of pyridine rings is 2. The third-order valence-corrected chi connectivity index (χ3v) is 8.20. The minimum absolute atomic E-state index is 0.0331. The number of aliphatic hydroxyl groups excluding tert-OH is 3. The fourth-order valence-electron chi connectivity index (χ4n) is 5.90. The molecule has 5 heterocycles. The molecule has 0 bridgehead atoms. The van der Waals surface area contributed by atoms with Crippen LogP contribution in [0.2, 0.25) is 0 Å². The molecule has 3 aliphatic rings. The van der Waals surface area contributed by atoms with Crippen LogP contribution in [-0.4, -0.2) is 77.7 Å². The Morgan fingerprint density at radius 3 is 2.56 bits per heavy atom. The van der Waals surface area contributed by atoms with E-state index in [9.17, 15) is 39.9 Å². The smallest absolute Gasteiger partial charge is 0.343 e. The average Bonchev–Trinajstić information content (AvgIpc) is 3.32. The van der Waals surface area contributed by atoms with Gasteiger partial charge < -0.3 is 44.3 Å². The summed E-state index contributed by atoms with van der Waals surface area (Å²) in [6.45, 7) is 3.55. The van der Waals surface area contributed by atoms with Crippen molar-refractivity contribution >= 4 is 22.8 Å². The number of aliphatic hydroxyl groups is 4. The molecule has 0 saturated carbocycles. The molecule has 0 amide bonds. The molecule has 6 rings (SSSR count). The number of benzene rings is 1. The number of rotatable bonds is 5. The number of nitrogens with zero attached hydrogens (tertiary/aromatic N) is 2. The Morgan fingerprint density at radius 2 is 1.88 bits per heavy atom. The van der Waals surface area contributed by atoms with Crippen molar-refractivity contribution in [3.05, 3.63) is 56.9 Å². The molecular formula is C28H28N2O11. The molecule has 1 aromatic carbocycles. The van der Waals surface area contributed by atoms with Gasteiger partial charge >= 0.3 is 11.9 Å². The Balaban J connectivity index is 1.42. The van der Waals surface area contributed by atoms with Crippen molar-refractivity contribution in [1.29, 1.82) is 0 Å². The van der Waals surface area contributed by atoms with Crippen LogP contribution >= 0.6 is 0 Å². The second-order valence-electron chi connectivity index (χ2n) is 10.4. The van der Waals surface area contributed by atoms with E-state index >= 15 is 0 Å². The lowest BCUT2D eigenvalue weighted by Crippen LogP contribution is -2.61. The van der Waals surface area contributed by atoms with Crippen LogP contribution in [0.5, 0.6) is 5.75 Å². The number of aryl methyl sites for hydroxylation is 1. The minimum Gasteiger partial charge on any atom is -0.479 e. The van der Waals surface area contributed by atoms with Gasteiger partial charge in [-0.1, -0.05) is 13.8 Å². The molecule has 0 unspecified atom stereocenters. The number of carbonyl (C=O) groups is 2. The molecule has 13 nitrogen and oxygen atoms in total. The number of cyclic esters (lactones) is 1. The van der Waals surface area contributed by atoms with Crippen LogP contribution in [0.4, 0.5) is 0 Å². The summed E-state index contributed by atoms with van der Waals surface area (Å²) >= 11 is 0. The van der Waals surface area contributed by atoms with E-state index in [1.165, 1.54) is 6.07 Å². The van der Waals surface area contributed by atoms with Crippen molar-refractivity contribution in [3.63, 3.8) is 0 Å². The van der Waals surface area contributed by atoms with Crippen LogP contribution in [-0.2, 0) is 44.2 Å². The number of carbonyl (C=O) groups excluding carboxylic acids is 1. The summed E-state index contributed by atoms with van der Waals surface area (Å²) in [6, 6.07) is 6.47. The predicted molar refractivity (Wildman–Crippen MR) is 139 cm³/mol. The maximum Gasteiger partial charge on any atom is 0.343 e. The average molecular weight is 572 g/mol. The monoisotopic (exact) mass is 571 g/mol. The van der Waals surface area contributed by atoms with Crippen LogP contribution in [0.3, 0.4) is 0 Å². The standard InChI is InChI=1S/C28H28N2O11/c1-3-12-13-7-11(40-26-22(33)20(31)21(32)23(41-26)25(35)36)5-6-17(13)29-19-14(12)9-30-18(19)8-16-15(24(30)34)10-39-27(37)28(16,38)4-2/h5-8,20-23,26,31-33,38H,3-4,9-10H2,1-2H3,(H,35,36)/t20-,21-,22+,23-,26+,28-/m0/s1/i1+1,3+1,12+1. The highest BCUT2D eigenvalue weighted by Gasteiger charge is 2.48. The highest BCUT2D eigenvalue weighted by molar-refractivity contribution is 5.90. The number of carboxylic acid groups (broad SMARTS) is 1. The van der Waals surface area contributed by atoms with Crippen LogP contribution in [0.25, 0.3) is 22.3 Å². The molecule has 216 valence electrons. The van der Waals surface area contributed by atoms with Gasteiger partial charge in [-0.2, -0.15) is 0 Å². The fraction of sp³-hybridized carbons (Fsp3) is 0.429. The van der Waals surface area contributed by atoms with E-state index in [4.69, 9.17) is 19.2 Å². The van der Waals surface area contributed by atoms with Gasteiger partial charge in [0.2, 0.25) is 6.29 Å². The van der Waals surface area contributed by atoms with Gasteiger partial charge in [0, 0.05) is 16.5 Å². The third kappa shape index (κ3) is 3.95. The number of hydrogen-bond donors (Lipinski definition) is 5. The first-order valence-electron chi connectivity index (χ1n) is 13.2. The molecule has 3 aliphatic heterocycles. The number of fused-ring (bicyclic) bond motifs is 5. The van der Waals surface area contributed by atoms with Crippen LogP contribution in [0.15, 0.2) is 29.1 Å². The van der Waals surface area contributed by atoms with Crippen LogP contribution in [0.1, 0.15) is 42.5 Å². The normalized spacial score (nSPS) is 28.5. The topological polar surface area (TPSA) is 198 Å². The Hall–Kier alpha value is -3.88. The molecule has 0 aliphatic carbocycles. The van der Waals surface area contributed by atoms with Crippen molar-refractivity contribution in [2.75, 3.05) is 0 Å². The first-order valence-corrected chi connectivity index (χ1v) is 13.2. The molecule has 2 aromatic heterocycles. The van der Waals surface area contributed by atoms with E-state index in [0.717, 1.165) is 11.1 Å². The summed E-state index contributed by atoms with van der Waals surface area (Å²) in [7, 11) is 0. The van der Waals surface area contributed by atoms with Gasteiger partial charge in [-0.25, -0.2) is 14.6 Å². The Kier molecular flexibility index (Phi) is 6.39. The lowest BCUT2D eigenvalue weighted by molar-refractivity contribution is -0.271. The minimum atomic E-state index is -1.93. The highest BCUT2D eigenvalue weighted by Crippen LogP contribution is 2.41. The van der Waals surface area contributed by atoms with Gasteiger partial charge in [-0.05, 0) is 42.7 Å². The lowest BCUT2D eigenvalue weighted by Gasteiger charge is -2.38. The van der Waals surface area contributed by atoms with Crippen molar-refractivity contribution in [3.8, 4) is 17.1 Å². The molecule has 41 heavy (non-hydrogen) atoms. The number of carboxylic acids is 1. The van der Waals surface area contributed by atoms with Crippen molar-refractivity contribution in [2.45, 2.75) is 76.1 Å². The van der Waals surface area contributed by atoms with E-state index in [0.29, 0.717) is 28.7 Å². The first kappa shape index (κ1) is 27.3. The lowest BCUT2D eigenvalue weighted by atomic mass is 9.86. The molecule has 6 atom stereocenters. The molecule has 0 radical (unpaired) electrons. The predicted octanol–water partition coefficient (Wildman–Crippen LogP) is -0.0870. The maximum atomic E-state index is 13.5. The molecule has 5 N–H and O–H groups in total. The van der Waals surface area contributed by atoms with Gasteiger partial charge in [0.1, 0.15) is 30.7 Å². The van der Waals surface area contributed by atoms with E-state index in [2.05, 4.69) is 0 Å². The molecule has 3 aromatic rings. The second kappa shape index (κ2) is 9.60. The van der Waals surface area contributed by atoms with Gasteiger partial charge in [0.25, 0.3) is 5.56 Å². The molecule has 1 fully saturated rings. The number of esters is 1. The zero-order valence-electron chi connectivity index (χ0n) is 22.1. The summed E-state index contributed by atoms with van der Waals surface area (Å²) in [5.41, 5.74) is 1.37. The molecular weight excluding hydrogens is 543 g/mol. The van der Waals surface area contributed by atoms with E-state index in [-0.39, 0.29) is 42.0 Å². The first-order chi connectivity index (χ1) is 19.5. The van der Waals surface area contributed by atoms with Crippen molar-refractivity contribution < 1.29 is 49.3 Å². The largest absolute Gasteiger partial charge is 0.479 e. The van der Waals surface area contributed by atoms with Crippen LogP contribution < -0.4 is 10.3 Å². The number of aliphatic carboxylic acids is 1. The highest BCUT2D eigenvalue weighted by atomic mass is 16.7. The van der Waals surface area contributed by atoms with E-state index in [1.54, 1.807) is 29.7 Å². The third-order valence-electron chi connectivity index (χ3n) is 8.20. The number of ether oxygens (including phenoxy) is 3. The Bertz CT molecular complexity index is 1670. The van der Waals surface area contributed by atoms with Crippen molar-refractivity contribution in [2.24, 2.45) is 0 Å². The van der Waals surface area contributed by atoms with Crippen molar-refractivity contribution in [1.82, 2.24) is 9.55 Å². The van der Waals surface area contributed by atoms with Gasteiger partial charge in [0.15, 0.2) is 11.7 Å². The SMILES string of the molecule is CC[C@@]1(O)C(=O)OCc2c1cc1n(c2=O)Cc2c-1nc1ccc(O[C@@H]3O[C@H](C(=O)O)[C@@H](O)[C@H](O)[C@H]3O)cc1[13c]2[13CH2][13CH3]. The fourth-order valence-corrected chi connectivity index (χ4v) is 5.90. The molecule has 13 heteroatoms. The molecule has 1 saturated heterocycles. The van der Waals surface area contributed by atoms with E-state index < -0.39 is 48.2 Å². The number of hydrogen-bond acceptors (Lipinski definition) is 11. The zero-order chi connectivity index (χ0) is 29.4. The summed E-state index contributed by atoms with van der Waals surface area (Å²) in [5.74, 6) is -2.13. The van der Waals surface area contributed by atoms with Gasteiger partial charge in [0.05, 0.1) is 29.0 Å². The summed E-state index contributed by atoms with van der Waals surface area (Å²) < 4.78 is 17.6. The zero-order valence-corrected chi connectivity index (χ0v) is 22.1. The number of aromatic nitrogens is 2. The second-order valence-corrected chi connectivity index (χ2v) is 10.4.